The van der Waals surface area contributed by atoms with Gasteiger partial charge in [-0.3, -0.25) is 4.79 Å². The normalized spacial score (nSPS) is 10.1. The van der Waals surface area contributed by atoms with E-state index in [2.05, 4.69) is 21.2 Å². The van der Waals surface area contributed by atoms with Crippen LogP contribution in [-0.2, 0) is 0 Å². The van der Waals surface area contributed by atoms with Gasteiger partial charge in [0, 0.05) is 11.9 Å². The van der Waals surface area contributed by atoms with Gasteiger partial charge >= 0.3 is 0 Å². The number of unbranched alkanes of at least 4 members (excludes halogenated alkanes) is 2. The number of carbonyl (C=O) groups is 1. The highest BCUT2D eigenvalue weighted by Crippen LogP contribution is 2.00. The first kappa shape index (κ1) is 11.3. The third-order valence-corrected chi connectivity index (χ3v) is 2.44. The molecule has 1 aromatic heterocycles. The number of amides is 1. The number of nitrogens with one attached hydrogen (secondary N) is 1. The van der Waals surface area contributed by atoms with Crippen molar-refractivity contribution in [2.24, 2.45) is 0 Å². The maximum Gasteiger partial charge on any atom is 0.254 e. The molecule has 4 heteroatoms. The average molecular weight is 260 g/mol. The predicted octanol–water partition coefficient (Wildman–Crippen LogP) is 2.57. The monoisotopic (exact) mass is 259 g/mol. The maximum atomic E-state index is 11.4. The van der Waals surface area contributed by atoms with Gasteiger partial charge in [0.1, 0.15) is 6.26 Å². The van der Waals surface area contributed by atoms with Gasteiger partial charge in [-0.05, 0) is 18.9 Å². The van der Waals surface area contributed by atoms with Gasteiger partial charge < -0.3 is 9.73 Å². The molecule has 0 saturated heterocycles. The van der Waals surface area contributed by atoms with Crippen molar-refractivity contribution in [2.45, 2.75) is 19.3 Å². The van der Waals surface area contributed by atoms with E-state index in [1.54, 1.807) is 6.07 Å². The molecule has 1 amide bonds. The van der Waals surface area contributed by atoms with Crippen LogP contribution < -0.4 is 5.32 Å². The lowest BCUT2D eigenvalue weighted by Crippen LogP contribution is -2.23. The summed E-state index contributed by atoms with van der Waals surface area (Å²) in [6, 6.07) is 1.66. The van der Waals surface area contributed by atoms with Gasteiger partial charge in [-0.1, -0.05) is 22.4 Å². The Morgan fingerprint density at radius 1 is 1.43 bits per heavy atom. The van der Waals surface area contributed by atoms with Gasteiger partial charge in [-0.15, -0.1) is 0 Å². The minimum Gasteiger partial charge on any atom is -0.472 e. The lowest BCUT2D eigenvalue weighted by atomic mass is 10.2. The van der Waals surface area contributed by atoms with Crippen LogP contribution in [0.5, 0.6) is 0 Å². The van der Waals surface area contributed by atoms with Crippen LogP contribution in [0.15, 0.2) is 23.0 Å². The molecule has 0 unspecified atom stereocenters. The molecule has 3 nitrogen and oxygen atoms in total. The molecule has 1 rings (SSSR count). The van der Waals surface area contributed by atoms with E-state index in [4.69, 9.17) is 4.42 Å². The summed E-state index contributed by atoms with van der Waals surface area (Å²) in [4.78, 5) is 11.4. The molecule has 0 atom stereocenters. The van der Waals surface area contributed by atoms with Crippen LogP contribution in [0.1, 0.15) is 29.6 Å². The van der Waals surface area contributed by atoms with Crippen LogP contribution in [0.3, 0.4) is 0 Å². The lowest BCUT2D eigenvalue weighted by molar-refractivity contribution is 0.0952. The Hall–Kier alpha value is -0.770. The standard InChI is InChI=1S/C10H14BrNO2/c11-5-2-1-3-6-12-10(13)9-4-7-14-8-9/h4,7-8H,1-3,5-6H2,(H,12,13). The van der Waals surface area contributed by atoms with Gasteiger partial charge in [0.05, 0.1) is 11.8 Å². The van der Waals surface area contributed by atoms with Crippen LogP contribution in [0, 0.1) is 0 Å². The Bertz CT molecular complexity index is 259. The summed E-state index contributed by atoms with van der Waals surface area (Å²) in [7, 11) is 0. The highest BCUT2D eigenvalue weighted by atomic mass is 79.9. The summed E-state index contributed by atoms with van der Waals surface area (Å²) in [5.74, 6) is -0.0578. The van der Waals surface area contributed by atoms with Crippen LogP contribution in [0.4, 0.5) is 0 Å². The average Bonchev–Trinajstić information content (AvgIpc) is 2.70. The summed E-state index contributed by atoms with van der Waals surface area (Å²) in [6.07, 6.45) is 6.27. The molecule has 78 valence electrons. The van der Waals surface area contributed by atoms with Crippen LogP contribution in [0.2, 0.25) is 0 Å². The van der Waals surface area contributed by atoms with E-state index >= 15 is 0 Å². The number of alkyl halides is 1. The number of hydrogen-bond donors (Lipinski definition) is 1. The van der Waals surface area contributed by atoms with Crippen LogP contribution in [-0.4, -0.2) is 17.8 Å². The maximum absolute atomic E-state index is 11.4. The van der Waals surface area contributed by atoms with Gasteiger partial charge in [-0.2, -0.15) is 0 Å². The molecule has 1 aromatic rings. The Morgan fingerprint density at radius 2 is 2.29 bits per heavy atom. The Balaban J connectivity index is 2.10. The van der Waals surface area contributed by atoms with Crippen molar-refractivity contribution in [1.29, 1.82) is 0 Å². The topological polar surface area (TPSA) is 42.2 Å². The molecule has 0 aromatic carbocycles. The molecule has 0 aliphatic heterocycles. The molecular weight excluding hydrogens is 246 g/mol. The first-order valence-corrected chi connectivity index (χ1v) is 5.83. The molecule has 1 N–H and O–H groups in total. The van der Waals surface area contributed by atoms with E-state index in [1.165, 1.54) is 12.5 Å². The minimum atomic E-state index is -0.0578. The van der Waals surface area contributed by atoms with Gasteiger partial charge in [0.25, 0.3) is 5.91 Å². The number of carbonyl (C=O) groups excluding carboxylic acids is 1. The molecule has 0 fully saturated rings. The van der Waals surface area contributed by atoms with Crippen molar-refractivity contribution in [3.63, 3.8) is 0 Å². The number of furan rings is 1. The van der Waals surface area contributed by atoms with Crippen LogP contribution >= 0.6 is 15.9 Å². The van der Waals surface area contributed by atoms with Gasteiger partial charge in [-0.25, -0.2) is 0 Å². The van der Waals surface area contributed by atoms with E-state index in [0.29, 0.717) is 5.56 Å². The van der Waals surface area contributed by atoms with Crippen molar-refractivity contribution in [3.8, 4) is 0 Å². The second kappa shape index (κ2) is 6.65. The third kappa shape index (κ3) is 3.96. The van der Waals surface area contributed by atoms with Crippen molar-refractivity contribution in [3.05, 3.63) is 24.2 Å². The fourth-order valence-corrected chi connectivity index (χ4v) is 1.49. The van der Waals surface area contributed by atoms with Crippen molar-refractivity contribution in [1.82, 2.24) is 5.32 Å². The molecule has 0 radical (unpaired) electrons. The van der Waals surface area contributed by atoms with Crippen molar-refractivity contribution in [2.75, 3.05) is 11.9 Å². The smallest absolute Gasteiger partial charge is 0.254 e. The molecule has 1 heterocycles. The van der Waals surface area contributed by atoms with E-state index in [0.717, 1.165) is 31.1 Å². The second-order valence-corrected chi connectivity index (χ2v) is 3.81. The van der Waals surface area contributed by atoms with Crippen molar-refractivity contribution >= 4 is 21.8 Å². The van der Waals surface area contributed by atoms with Crippen molar-refractivity contribution < 1.29 is 9.21 Å². The molecule has 14 heavy (non-hydrogen) atoms. The molecule has 0 aliphatic rings. The molecule has 0 aliphatic carbocycles. The van der Waals surface area contributed by atoms with E-state index < -0.39 is 0 Å². The zero-order chi connectivity index (χ0) is 10.2. The molecule has 0 bridgehead atoms. The Kier molecular flexibility index (Phi) is 5.37. The van der Waals surface area contributed by atoms with E-state index in [-0.39, 0.29) is 5.91 Å². The number of halogens is 1. The first-order valence-electron chi connectivity index (χ1n) is 4.71. The summed E-state index contributed by atoms with van der Waals surface area (Å²) < 4.78 is 4.81. The third-order valence-electron chi connectivity index (χ3n) is 1.88. The zero-order valence-corrected chi connectivity index (χ0v) is 9.55. The Morgan fingerprint density at radius 3 is 2.93 bits per heavy atom. The quantitative estimate of drug-likeness (QED) is 0.631. The zero-order valence-electron chi connectivity index (χ0n) is 7.96. The van der Waals surface area contributed by atoms with Crippen LogP contribution in [0.25, 0.3) is 0 Å². The molecular formula is C10H14BrNO2. The minimum absolute atomic E-state index is 0.0578. The summed E-state index contributed by atoms with van der Waals surface area (Å²) >= 11 is 3.36. The highest BCUT2D eigenvalue weighted by molar-refractivity contribution is 9.09. The molecule has 0 saturated carbocycles. The van der Waals surface area contributed by atoms with Gasteiger partial charge in [0.2, 0.25) is 0 Å². The SMILES string of the molecule is O=C(NCCCCCBr)c1ccoc1. The second-order valence-electron chi connectivity index (χ2n) is 3.02. The fraction of sp³-hybridized carbons (Fsp3) is 0.500. The van der Waals surface area contributed by atoms with E-state index in [9.17, 15) is 4.79 Å². The lowest BCUT2D eigenvalue weighted by Gasteiger charge is -2.01. The summed E-state index contributed by atoms with van der Waals surface area (Å²) in [6.45, 7) is 0.733. The number of hydrogen-bond acceptors (Lipinski definition) is 2. The fourth-order valence-electron chi connectivity index (χ4n) is 1.09. The highest BCUT2D eigenvalue weighted by Gasteiger charge is 2.04. The summed E-state index contributed by atoms with van der Waals surface area (Å²) in [5.41, 5.74) is 0.588. The number of rotatable bonds is 6. The largest absolute Gasteiger partial charge is 0.472 e. The first-order chi connectivity index (χ1) is 6.84. The molecule has 0 spiro atoms. The predicted molar refractivity (Wildman–Crippen MR) is 58.7 cm³/mol. The Labute approximate surface area is 92.0 Å². The van der Waals surface area contributed by atoms with Gasteiger partial charge in [0.15, 0.2) is 0 Å². The van der Waals surface area contributed by atoms with E-state index in [1.807, 2.05) is 0 Å². The summed E-state index contributed by atoms with van der Waals surface area (Å²) in [5, 5.41) is 3.86.